The molecule has 0 saturated carbocycles. The number of halogens is 7. The molecule has 2 rings (SSSR count). The zero-order chi connectivity index (χ0) is 21.7. The molecule has 0 aromatic carbocycles. The number of ether oxygens (including phenoxy) is 1. The van der Waals surface area contributed by atoms with E-state index in [1.807, 2.05) is 0 Å². The van der Waals surface area contributed by atoms with Crippen molar-refractivity contribution in [3.63, 3.8) is 0 Å². The number of aromatic nitrogens is 2. The highest BCUT2D eigenvalue weighted by molar-refractivity contribution is 8.06. The first-order valence-corrected chi connectivity index (χ1v) is 9.50. The maximum absolute atomic E-state index is 13.2. The third-order valence-electron chi connectivity index (χ3n) is 3.58. The summed E-state index contributed by atoms with van der Waals surface area (Å²) in [4.78, 5) is 4.87. The summed E-state index contributed by atoms with van der Waals surface area (Å²) in [6, 6.07) is 0. The van der Waals surface area contributed by atoms with Crippen molar-refractivity contribution in [2.24, 2.45) is 12.2 Å². The Labute approximate surface area is 160 Å². The number of aryl methyl sites for hydroxylation is 1. The minimum atomic E-state index is -5.14. The Morgan fingerprint density at radius 1 is 1.25 bits per heavy atom. The van der Waals surface area contributed by atoms with E-state index >= 15 is 0 Å². The van der Waals surface area contributed by atoms with Crippen molar-refractivity contribution in [1.82, 2.24) is 9.78 Å². The van der Waals surface area contributed by atoms with Gasteiger partial charge in [-0.2, -0.15) is 31.4 Å². The molecule has 0 radical (unpaired) electrons. The first-order valence-electron chi connectivity index (χ1n) is 7.41. The van der Waals surface area contributed by atoms with Crippen LogP contribution in [0.1, 0.15) is 25.1 Å². The van der Waals surface area contributed by atoms with E-state index in [4.69, 9.17) is 16.4 Å². The largest absolute Gasteiger partial charge is 0.468 e. The standard InChI is InChI=1S/C13H14ClF6N3O4S/c1-11(2)7(14)9(22-27-11)28(24,25)4-6-8(13(18,19)20)21-23(3)10(6)26-5-12(15,16)17/h7H,4-5H2,1-3H3. The number of sulfone groups is 1. The summed E-state index contributed by atoms with van der Waals surface area (Å²) in [7, 11) is -3.71. The van der Waals surface area contributed by atoms with E-state index in [0.29, 0.717) is 4.68 Å². The van der Waals surface area contributed by atoms with Crippen molar-refractivity contribution < 1.29 is 44.3 Å². The summed E-state index contributed by atoms with van der Waals surface area (Å²) < 4.78 is 107. The molecule has 160 valence electrons. The number of nitrogens with zero attached hydrogens (tertiary/aromatic N) is 3. The fourth-order valence-corrected chi connectivity index (χ4v) is 4.30. The van der Waals surface area contributed by atoms with Crippen LogP contribution in [-0.4, -0.2) is 47.0 Å². The topological polar surface area (TPSA) is 82.8 Å². The van der Waals surface area contributed by atoms with Gasteiger partial charge in [0, 0.05) is 7.05 Å². The van der Waals surface area contributed by atoms with Crippen molar-refractivity contribution in [3.05, 3.63) is 11.3 Å². The molecule has 1 aliphatic heterocycles. The second kappa shape index (κ2) is 6.97. The maximum atomic E-state index is 13.2. The lowest BCUT2D eigenvalue weighted by atomic mass is 10.1. The molecule has 1 aliphatic rings. The van der Waals surface area contributed by atoms with Crippen LogP contribution in [-0.2, 0) is 33.7 Å². The van der Waals surface area contributed by atoms with Crippen LogP contribution in [0.3, 0.4) is 0 Å². The van der Waals surface area contributed by atoms with Crippen LogP contribution in [0.5, 0.6) is 5.88 Å². The maximum Gasteiger partial charge on any atom is 0.435 e. The molecule has 15 heteroatoms. The predicted octanol–water partition coefficient (Wildman–Crippen LogP) is 3.02. The fraction of sp³-hybridized carbons (Fsp3) is 0.692. The van der Waals surface area contributed by atoms with Crippen LogP contribution in [0.2, 0.25) is 0 Å². The zero-order valence-corrected chi connectivity index (χ0v) is 16.1. The van der Waals surface area contributed by atoms with E-state index in [9.17, 15) is 34.8 Å². The molecule has 1 aromatic heterocycles. The molecule has 0 aliphatic carbocycles. The van der Waals surface area contributed by atoms with Crippen LogP contribution < -0.4 is 4.74 Å². The third kappa shape index (κ3) is 4.64. The number of hydrogen-bond donors (Lipinski definition) is 0. The van der Waals surface area contributed by atoms with Gasteiger partial charge in [-0.15, -0.1) is 11.6 Å². The fourth-order valence-electron chi connectivity index (χ4n) is 2.27. The smallest absolute Gasteiger partial charge is 0.435 e. The number of hydrogen-bond acceptors (Lipinski definition) is 6. The summed E-state index contributed by atoms with van der Waals surface area (Å²) in [5, 5.41) is 4.34. The molecule has 2 heterocycles. The molecular formula is C13H14ClF6N3O4S. The molecule has 1 unspecified atom stereocenters. The predicted molar refractivity (Wildman–Crippen MR) is 84.6 cm³/mol. The van der Waals surface area contributed by atoms with E-state index < -0.39 is 67.7 Å². The second-order valence-electron chi connectivity index (χ2n) is 6.40. The van der Waals surface area contributed by atoms with E-state index in [0.717, 1.165) is 7.05 Å². The van der Waals surface area contributed by atoms with Crippen LogP contribution >= 0.6 is 11.6 Å². The number of alkyl halides is 7. The van der Waals surface area contributed by atoms with E-state index in [-0.39, 0.29) is 0 Å². The minimum absolute atomic E-state index is 0.383. The van der Waals surface area contributed by atoms with Crippen LogP contribution in [0.15, 0.2) is 5.16 Å². The summed E-state index contributed by atoms with van der Waals surface area (Å²) in [6.45, 7) is 0.867. The van der Waals surface area contributed by atoms with Gasteiger partial charge in [0.25, 0.3) is 0 Å². The highest BCUT2D eigenvalue weighted by Crippen LogP contribution is 2.38. The zero-order valence-electron chi connectivity index (χ0n) is 14.5. The second-order valence-corrected chi connectivity index (χ2v) is 8.78. The lowest BCUT2D eigenvalue weighted by Crippen LogP contribution is -2.37. The SMILES string of the molecule is Cn1nc(C(F)(F)F)c(CS(=O)(=O)C2=NOC(C)(C)C2Cl)c1OCC(F)(F)F. The molecule has 0 amide bonds. The summed E-state index contributed by atoms with van der Waals surface area (Å²) in [6.07, 6.45) is -10.0. The van der Waals surface area contributed by atoms with Gasteiger partial charge in [0.05, 0.1) is 11.3 Å². The van der Waals surface area contributed by atoms with Crippen LogP contribution in [0.25, 0.3) is 0 Å². The lowest BCUT2D eigenvalue weighted by molar-refractivity contribution is -0.154. The summed E-state index contributed by atoms with van der Waals surface area (Å²) in [5.74, 6) is -2.37. The number of oxime groups is 1. The molecule has 1 atom stereocenters. The van der Waals surface area contributed by atoms with Gasteiger partial charge in [0.15, 0.2) is 22.9 Å². The average Bonchev–Trinajstić information content (AvgIpc) is 2.93. The minimum Gasteiger partial charge on any atom is -0.468 e. The molecule has 0 spiro atoms. The van der Waals surface area contributed by atoms with Crippen LogP contribution in [0.4, 0.5) is 26.3 Å². The van der Waals surface area contributed by atoms with E-state index in [2.05, 4.69) is 15.0 Å². The molecule has 0 N–H and O–H groups in total. The Kier molecular flexibility index (Phi) is 5.62. The van der Waals surface area contributed by atoms with Gasteiger partial charge in [0.1, 0.15) is 5.38 Å². The third-order valence-corrected chi connectivity index (χ3v) is 6.06. The molecule has 0 saturated heterocycles. The summed E-state index contributed by atoms with van der Waals surface area (Å²) >= 11 is 5.96. The van der Waals surface area contributed by atoms with E-state index in [1.54, 1.807) is 0 Å². The highest BCUT2D eigenvalue weighted by Gasteiger charge is 2.48. The molecule has 0 fully saturated rings. The molecule has 0 bridgehead atoms. The molecular weight excluding hydrogens is 444 g/mol. The molecule has 1 aromatic rings. The normalized spacial score (nSPS) is 20.1. The van der Waals surface area contributed by atoms with Gasteiger partial charge in [-0.25, -0.2) is 13.1 Å². The van der Waals surface area contributed by atoms with Crippen molar-refractivity contribution in [3.8, 4) is 5.88 Å². The first kappa shape index (κ1) is 22.6. The van der Waals surface area contributed by atoms with Crippen molar-refractivity contribution >= 4 is 26.5 Å². The van der Waals surface area contributed by atoms with Crippen LogP contribution in [0, 0.1) is 0 Å². The van der Waals surface area contributed by atoms with Crippen molar-refractivity contribution in [1.29, 1.82) is 0 Å². The van der Waals surface area contributed by atoms with Gasteiger partial charge < -0.3 is 9.57 Å². The van der Waals surface area contributed by atoms with Gasteiger partial charge in [-0.1, -0.05) is 5.16 Å². The molecule has 28 heavy (non-hydrogen) atoms. The van der Waals surface area contributed by atoms with E-state index in [1.165, 1.54) is 13.8 Å². The first-order chi connectivity index (χ1) is 12.5. The quantitative estimate of drug-likeness (QED) is 0.513. The Bertz CT molecular complexity index is 891. The Balaban J connectivity index is 2.48. The van der Waals surface area contributed by atoms with Crippen molar-refractivity contribution in [2.75, 3.05) is 6.61 Å². The molecule has 7 nitrogen and oxygen atoms in total. The van der Waals surface area contributed by atoms with Crippen molar-refractivity contribution in [2.45, 2.75) is 42.9 Å². The Morgan fingerprint density at radius 3 is 2.25 bits per heavy atom. The Hall–Kier alpha value is -1.70. The Morgan fingerprint density at radius 2 is 1.82 bits per heavy atom. The monoisotopic (exact) mass is 457 g/mol. The van der Waals surface area contributed by atoms with Gasteiger partial charge in [-0.05, 0) is 13.8 Å². The van der Waals surface area contributed by atoms with Gasteiger partial charge in [0.2, 0.25) is 15.7 Å². The number of rotatable bonds is 4. The van der Waals surface area contributed by atoms with Gasteiger partial charge in [-0.3, -0.25) is 0 Å². The lowest BCUT2D eigenvalue weighted by Gasteiger charge is -2.19. The summed E-state index contributed by atoms with van der Waals surface area (Å²) in [5.41, 5.74) is -4.03. The highest BCUT2D eigenvalue weighted by atomic mass is 35.5. The average molecular weight is 458 g/mol. The van der Waals surface area contributed by atoms with Gasteiger partial charge >= 0.3 is 12.4 Å².